The molecule has 0 saturated carbocycles. The van der Waals surface area contributed by atoms with Crippen LogP contribution in [0.3, 0.4) is 0 Å². The number of aromatic nitrogens is 1. The zero-order chi connectivity index (χ0) is 15.7. The molecule has 0 atom stereocenters. The summed E-state index contributed by atoms with van der Waals surface area (Å²) in [5.74, 6) is -0.0712. The summed E-state index contributed by atoms with van der Waals surface area (Å²) >= 11 is 0. The molecule has 3 aromatic rings. The lowest BCUT2D eigenvalue weighted by Gasteiger charge is -2.11. The average molecular weight is 331 g/mol. The summed E-state index contributed by atoms with van der Waals surface area (Å²) in [5, 5.41) is 5.31. The van der Waals surface area contributed by atoms with Gasteiger partial charge in [-0.3, -0.25) is 9.59 Å². The van der Waals surface area contributed by atoms with E-state index in [4.69, 9.17) is 0 Å². The largest absolute Gasteiger partial charge is 1.00 e. The zero-order valence-corrected chi connectivity index (χ0v) is 13.6. The molecule has 0 aliphatic rings. The molecule has 0 radical (unpaired) electrons. The highest BCUT2D eigenvalue weighted by Crippen LogP contribution is 2.24. The molecule has 0 saturated heterocycles. The second-order valence-electron chi connectivity index (χ2n) is 5.55. The highest BCUT2D eigenvalue weighted by atomic mass is 35.5. The van der Waals surface area contributed by atoms with Crippen LogP contribution in [0.4, 0.5) is 5.69 Å². The predicted octanol–water partition coefficient (Wildman–Crippen LogP) is -0.815. The number of carbonyl (C=O) groups excluding carboxylic acids is 1. The van der Waals surface area contributed by atoms with Crippen LogP contribution in [0.1, 0.15) is 0 Å². The Morgan fingerprint density at radius 2 is 1.78 bits per heavy atom. The quantitative estimate of drug-likeness (QED) is 0.617. The number of carbonyl (C=O) groups is 1. The number of aromatic amines is 1. The number of benzene rings is 2. The van der Waals surface area contributed by atoms with Crippen LogP contribution in [0.15, 0.2) is 47.3 Å². The lowest BCUT2D eigenvalue weighted by Crippen LogP contribution is -3.00. The summed E-state index contributed by atoms with van der Waals surface area (Å²) in [7, 11) is 3.69. The third-order valence-electron chi connectivity index (χ3n) is 3.47. The molecule has 2 N–H and O–H groups in total. The summed E-state index contributed by atoms with van der Waals surface area (Å²) in [6, 6.07) is 12.9. The number of hydrogen-bond acceptors (Lipinski definition) is 3. The van der Waals surface area contributed by atoms with Gasteiger partial charge in [-0.1, -0.05) is 18.2 Å². The van der Waals surface area contributed by atoms with E-state index in [1.165, 1.54) is 0 Å². The molecule has 6 heteroatoms. The molecular weight excluding hydrogens is 314 g/mol. The summed E-state index contributed by atoms with van der Waals surface area (Å²) in [6.45, 7) is 0.324. The van der Waals surface area contributed by atoms with Gasteiger partial charge in [0.2, 0.25) is 5.91 Å². The summed E-state index contributed by atoms with van der Waals surface area (Å²) < 4.78 is 0. The maximum Gasteiger partial charge on any atom is 0.256 e. The molecule has 0 fully saturated rings. The first-order chi connectivity index (χ1) is 10.5. The van der Waals surface area contributed by atoms with Crippen LogP contribution in [-0.4, -0.2) is 36.4 Å². The molecular formula is C17H17ClN3O2-. The van der Waals surface area contributed by atoms with Gasteiger partial charge in [-0.25, -0.2) is 0 Å². The number of pyridine rings is 1. The van der Waals surface area contributed by atoms with E-state index >= 15 is 0 Å². The van der Waals surface area contributed by atoms with Gasteiger partial charge < -0.3 is 27.6 Å². The third-order valence-corrected chi connectivity index (χ3v) is 3.47. The summed E-state index contributed by atoms with van der Waals surface area (Å²) in [4.78, 5) is 28.6. The number of rotatable bonds is 3. The molecule has 23 heavy (non-hydrogen) atoms. The minimum atomic E-state index is -0.104. The SMILES string of the molecule is CN(C)CC(=O)Nc1ccc2[nH]c(=O)c3ccccc3c2c1.[Cl-]. The van der Waals surface area contributed by atoms with Crippen LogP contribution in [-0.2, 0) is 4.79 Å². The van der Waals surface area contributed by atoms with Crippen LogP contribution in [0.5, 0.6) is 0 Å². The fourth-order valence-corrected chi connectivity index (χ4v) is 2.55. The van der Waals surface area contributed by atoms with Crippen molar-refractivity contribution < 1.29 is 17.2 Å². The monoisotopic (exact) mass is 330 g/mol. The molecule has 120 valence electrons. The van der Waals surface area contributed by atoms with E-state index in [-0.39, 0.29) is 23.9 Å². The smallest absolute Gasteiger partial charge is 0.256 e. The fraction of sp³-hybridized carbons (Fsp3) is 0.176. The molecule has 3 rings (SSSR count). The highest BCUT2D eigenvalue weighted by molar-refractivity contribution is 6.07. The molecule has 1 amide bonds. The lowest BCUT2D eigenvalue weighted by molar-refractivity contribution is -0.116. The predicted molar refractivity (Wildman–Crippen MR) is 89.3 cm³/mol. The Hall–Kier alpha value is -2.37. The minimum absolute atomic E-state index is 0. The van der Waals surface area contributed by atoms with Gasteiger partial charge in [-0.05, 0) is 43.7 Å². The topological polar surface area (TPSA) is 65.2 Å². The van der Waals surface area contributed by atoms with Crippen molar-refractivity contribution in [3.8, 4) is 0 Å². The van der Waals surface area contributed by atoms with Crippen molar-refractivity contribution in [1.82, 2.24) is 9.88 Å². The molecule has 0 aliphatic heterocycles. The van der Waals surface area contributed by atoms with Crippen molar-refractivity contribution in [3.05, 3.63) is 52.8 Å². The van der Waals surface area contributed by atoms with Crippen LogP contribution >= 0.6 is 0 Å². The first-order valence-corrected chi connectivity index (χ1v) is 7.04. The molecule has 0 unspecified atom stereocenters. The van der Waals surface area contributed by atoms with Crippen molar-refractivity contribution in [3.63, 3.8) is 0 Å². The second kappa shape index (κ2) is 6.81. The first kappa shape index (κ1) is 17.0. The van der Waals surface area contributed by atoms with E-state index in [1.54, 1.807) is 12.1 Å². The number of hydrogen-bond donors (Lipinski definition) is 2. The van der Waals surface area contributed by atoms with E-state index in [1.807, 2.05) is 49.3 Å². The van der Waals surface area contributed by atoms with Gasteiger partial charge in [-0.2, -0.15) is 0 Å². The summed E-state index contributed by atoms with van der Waals surface area (Å²) in [6.07, 6.45) is 0. The van der Waals surface area contributed by atoms with Gasteiger partial charge in [-0.15, -0.1) is 0 Å². The second-order valence-corrected chi connectivity index (χ2v) is 5.55. The number of fused-ring (bicyclic) bond motifs is 3. The van der Waals surface area contributed by atoms with E-state index in [2.05, 4.69) is 10.3 Å². The number of nitrogens with one attached hydrogen (secondary N) is 2. The van der Waals surface area contributed by atoms with Crippen molar-refractivity contribution in [2.24, 2.45) is 0 Å². The van der Waals surface area contributed by atoms with Gasteiger partial charge in [0.05, 0.1) is 6.54 Å². The maximum atomic E-state index is 12.0. The van der Waals surface area contributed by atoms with Crippen molar-refractivity contribution in [2.75, 3.05) is 26.0 Å². The molecule has 1 heterocycles. The first-order valence-electron chi connectivity index (χ1n) is 7.04. The number of nitrogens with zero attached hydrogens (tertiary/aromatic N) is 1. The van der Waals surface area contributed by atoms with E-state index in [0.717, 1.165) is 22.0 Å². The lowest BCUT2D eigenvalue weighted by atomic mass is 10.1. The van der Waals surface area contributed by atoms with Crippen molar-refractivity contribution >= 4 is 33.3 Å². The Morgan fingerprint density at radius 1 is 1.09 bits per heavy atom. The molecule has 1 aromatic heterocycles. The number of halogens is 1. The van der Waals surface area contributed by atoms with Gasteiger partial charge in [0.15, 0.2) is 0 Å². The number of amides is 1. The van der Waals surface area contributed by atoms with E-state index < -0.39 is 0 Å². The minimum Gasteiger partial charge on any atom is -1.00 e. The third kappa shape index (κ3) is 3.52. The van der Waals surface area contributed by atoms with Crippen LogP contribution < -0.4 is 23.3 Å². The Bertz CT molecular complexity index is 918. The Morgan fingerprint density at radius 3 is 2.48 bits per heavy atom. The van der Waals surface area contributed by atoms with Crippen LogP contribution in [0.25, 0.3) is 21.7 Å². The van der Waals surface area contributed by atoms with E-state index in [9.17, 15) is 9.59 Å². The zero-order valence-electron chi connectivity index (χ0n) is 12.9. The van der Waals surface area contributed by atoms with Gasteiger partial charge >= 0.3 is 0 Å². The highest BCUT2D eigenvalue weighted by Gasteiger charge is 2.07. The number of anilines is 1. The van der Waals surface area contributed by atoms with Gasteiger partial charge in [0.1, 0.15) is 0 Å². The Kier molecular flexibility index (Phi) is 5.03. The van der Waals surface area contributed by atoms with E-state index in [0.29, 0.717) is 11.9 Å². The molecule has 0 spiro atoms. The normalized spacial score (nSPS) is 10.7. The van der Waals surface area contributed by atoms with Crippen LogP contribution in [0, 0.1) is 0 Å². The maximum absolute atomic E-state index is 12.0. The van der Waals surface area contributed by atoms with Crippen molar-refractivity contribution in [1.29, 1.82) is 0 Å². The van der Waals surface area contributed by atoms with Gasteiger partial charge in [0, 0.05) is 22.0 Å². The Labute approximate surface area is 139 Å². The van der Waals surface area contributed by atoms with Crippen molar-refractivity contribution in [2.45, 2.75) is 0 Å². The molecule has 0 bridgehead atoms. The van der Waals surface area contributed by atoms with Crippen LogP contribution in [0.2, 0.25) is 0 Å². The molecule has 5 nitrogen and oxygen atoms in total. The standard InChI is InChI=1S/C17H17N3O2.ClH/c1-20(2)10-16(21)18-11-7-8-15-14(9-11)12-5-3-4-6-13(12)17(22)19-15;/h3-9H,10H2,1-2H3,(H,18,21)(H,19,22);1H/p-1. The fourth-order valence-electron chi connectivity index (χ4n) is 2.55. The average Bonchev–Trinajstić information content (AvgIpc) is 2.47. The summed E-state index contributed by atoms with van der Waals surface area (Å²) in [5.41, 5.74) is 1.37. The number of likely N-dealkylation sites (N-methyl/N-ethyl adjacent to an activating group) is 1. The molecule has 2 aromatic carbocycles. The van der Waals surface area contributed by atoms with Gasteiger partial charge in [0.25, 0.3) is 5.56 Å². The number of H-pyrrole nitrogens is 1. The molecule has 0 aliphatic carbocycles. The Balaban J connectivity index is 0.00000192.